The molecule has 0 fully saturated rings. The molecule has 3 heteroatoms. The molecule has 0 heterocycles. The summed E-state index contributed by atoms with van der Waals surface area (Å²) in [6.07, 6.45) is 0. The Morgan fingerprint density at radius 3 is 2.00 bits per heavy atom. The van der Waals surface area contributed by atoms with Crippen LogP contribution < -0.4 is 0 Å². The van der Waals surface area contributed by atoms with Gasteiger partial charge in [0.25, 0.3) is 0 Å². The third-order valence-electron chi connectivity index (χ3n) is 2.89. The van der Waals surface area contributed by atoms with Gasteiger partial charge in [-0.2, -0.15) is 0 Å². The van der Waals surface area contributed by atoms with Crippen molar-refractivity contribution in [3.8, 4) is 0 Å². The second-order valence-corrected chi connectivity index (χ2v) is 3.86. The Bertz CT molecular complexity index is 732. The van der Waals surface area contributed by atoms with E-state index in [9.17, 15) is 13.2 Å². The molecule has 0 saturated heterocycles. The molecule has 0 spiro atoms. The van der Waals surface area contributed by atoms with Gasteiger partial charge in [-0.1, -0.05) is 30.3 Å². The molecule has 3 rings (SSSR count). The normalized spacial score (nSPS) is 11.2. The first kappa shape index (κ1) is 10.1. The molecule has 0 unspecified atom stereocenters. The van der Waals surface area contributed by atoms with Crippen molar-refractivity contribution in [2.75, 3.05) is 0 Å². The molecule has 0 aliphatic carbocycles. The molecule has 3 aromatic carbocycles. The minimum absolute atomic E-state index is 0.170. The van der Waals surface area contributed by atoms with E-state index >= 15 is 0 Å². The van der Waals surface area contributed by atoms with Crippen molar-refractivity contribution in [1.82, 2.24) is 0 Å². The van der Waals surface area contributed by atoms with Crippen LogP contribution in [0.25, 0.3) is 21.5 Å². The van der Waals surface area contributed by atoms with E-state index in [2.05, 4.69) is 0 Å². The molecule has 3 aromatic rings. The van der Waals surface area contributed by atoms with Crippen LogP contribution in [0.4, 0.5) is 13.2 Å². The lowest BCUT2D eigenvalue weighted by molar-refractivity contribution is 0.517. The monoisotopic (exact) mass is 232 g/mol. The Balaban J connectivity index is 2.58. The van der Waals surface area contributed by atoms with Crippen LogP contribution >= 0.6 is 0 Å². The average molecular weight is 232 g/mol. The standard InChI is InChI=1S/C14H7F3/c15-12-3-1-2-8-9-6-7-13(16)14(17)11(9)5-4-10(8)12/h1-7H. The first-order chi connectivity index (χ1) is 8.18. The summed E-state index contributed by atoms with van der Waals surface area (Å²) >= 11 is 0. The van der Waals surface area contributed by atoms with Gasteiger partial charge in [0, 0.05) is 10.8 Å². The molecule has 0 atom stereocenters. The second kappa shape index (κ2) is 3.48. The van der Waals surface area contributed by atoms with E-state index in [0.717, 1.165) is 6.07 Å². The SMILES string of the molecule is Fc1ccc2c(ccc3c(F)cccc32)c1F. The van der Waals surface area contributed by atoms with Crippen LogP contribution in [-0.4, -0.2) is 0 Å². The van der Waals surface area contributed by atoms with Gasteiger partial charge in [0.15, 0.2) is 11.6 Å². The van der Waals surface area contributed by atoms with Crippen molar-refractivity contribution in [3.05, 3.63) is 59.9 Å². The Labute approximate surface area is 95.3 Å². The molecule has 0 N–H and O–H groups in total. The van der Waals surface area contributed by atoms with Crippen LogP contribution in [0.15, 0.2) is 42.5 Å². The van der Waals surface area contributed by atoms with Crippen LogP contribution in [0.5, 0.6) is 0 Å². The highest BCUT2D eigenvalue weighted by molar-refractivity contribution is 6.07. The van der Waals surface area contributed by atoms with Gasteiger partial charge >= 0.3 is 0 Å². The summed E-state index contributed by atoms with van der Waals surface area (Å²) in [5.74, 6) is -2.16. The maximum absolute atomic E-state index is 13.6. The summed E-state index contributed by atoms with van der Waals surface area (Å²) in [6, 6.07) is 9.98. The number of halogens is 3. The molecule has 0 aliphatic rings. The minimum atomic E-state index is -0.895. The Kier molecular flexibility index (Phi) is 2.08. The molecule has 0 bridgehead atoms. The number of benzene rings is 3. The Morgan fingerprint density at radius 2 is 1.18 bits per heavy atom. The number of hydrogen-bond acceptors (Lipinski definition) is 0. The first-order valence-electron chi connectivity index (χ1n) is 5.13. The predicted molar refractivity (Wildman–Crippen MR) is 61.3 cm³/mol. The van der Waals surface area contributed by atoms with Crippen LogP contribution in [0.3, 0.4) is 0 Å². The molecular weight excluding hydrogens is 225 g/mol. The van der Waals surface area contributed by atoms with E-state index in [4.69, 9.17) is 0 Å². The fourth-order valence-electron chi connectivity index (χ4n) is 2.07. The maximum atomic E-state index is 13.6. The van der Waals surface area contributed by atoms with Gasteiger partial charge < -0.3 is 0 Å². The van der Waals surface area contributed by atoms with Crippen molar-refractivity contribution in [3.63, 3.8) is 0 Å². The van der Waals surface area contributed by atoms with Gasteiger partial charge in [-0.3, -0.25) is 0 Å². The molecule has 0 saturated carbocycles. The molecule has 0 aliphatic heterocycles. The molecule has 17 heavy (non-hydrogen) atoms. The minimum Gasteiger partial charge on any atom is -0.206 e. The first-order valence-corrected chi connectivity index (χ1v) is 5.13. The predicted octanol–water partition coefficient (Wildman–Crippen LogP) is 4.41. The number of fused-ring (bicyclic) bond motifs is 3. The molecule has 0 aromatic heterocycles. The maximum Gasteiger partial charge on any atom is 0.166 e. The smallest absolute Gasteiger partial charge is 0.166 e. The summed E-state index contributed by atoms with van der Waals surface area (Å²) < 4.78 is 40.2. The van der Waals surface area contributed by atoms with Crippen LogP contribution in [-0.2, 0) is 0 Å². The van der Waals surface area contributed by atoms with Crippen LogP contribution in [0.2, 0.25) is 0 Å². The number of rotatable bonds is 0. The highest BCUT2D eigenvalue weighted by atomic mass is 19.2. The quantitative estimate of drug-likeness (QED) is 0.503. The topological polar surface area (TPSA) is 0 Å². The lowest BCUT2D eigenvalue weighted by Crippen LogP contribution is -1.88. The van der Waals surface area contributed by atoms with Gasteiger partial charge in [-0.15, -0.1) is 0 Å². The fourth-order valence-corrected chi connectivity index (χ4v) is 2.07. The van der Waals surface area contributed by atoms with Crippen molar-refractivity contribution >= 4 is 21.5 Å². The van der Waals surface area contributed by atoms with Gasteiger partial charge in [-0.25, -0.2) is 13.2 Å². The Hall–Kier alpha value is -2.03. The van der Waals surface area contributed by atoms with Gasteiger partial charge in [-0.05, 0) is 22.9 Å². The van der Waals surface area contributed by atoms with E-state index in [-0.39, 0.29) is 11.2 Å². The summed E-state index contributed by atoms with van der Waals surface area (Å²) in [6.45, 7) is 0. The molecular formula is C14H7F3. The summed E-state index contributed by atoms with van der Waals surface area (Å²) in [4.78, 5) is 0. The van der Waals surface area contributed by atoms with Gasteiger partial charge in [0.2, 0.25) is 0 Å². The third-order valence-corrected chi connectivity index (χ3v) is 2.89. The van der Waals surface area contributed by atoms with Gasteiger partial charge in [0.1, 0.15) is 5.82 Å². The largest absolute Gasteiger partial charge is 0.206 e. The van der Waals surface area contributed by atoms with E-state index < -0.39 is 11.6 Å². The van der Waals surface area contributed by atoms with Crippen molar-refractivity contribution in [2.45, 2.75) is 0 Å². The second-order valence-electron chi connectivity index (χ2n) is 3.86. The van der Waals surface area contributed by atoms with E-state index in [0.29, 0.717) is 16.2 Å². The third kappa shape index (κ3) is 1.39. The summed E-state index contributed by atoms with van der Waals surface area (Å²) in [5.41, 5.74) is 0. The van der Waals surface area contributed by atoms with E-state index in [1.807, 2.05) is 0 Å². The number of hydrogen-bond donors (Lipinski definition) is 0. The van der Waals surface area contributed by atoms with Crippen molar-refractivity contribution in [1.29, 1.82) is 0 Å². The zero-order valence-electron chi connectivity index (χ0n) is 8.68. The zero-order valence-corrected chi connectivity index (χ0v) is 8.68. The summed E-state index contributed by atoms with van der Waals surface area (Å²) in [7, 11) is 0. The zero-order chi connectivity index (χ0) is 12.0. The van der Waals surface area contributed by atoms with E-state index in [1.54, 1.807) is 12.1 Å². The average Bonchev–Trinajstić information content (AvgIpc) is 2.34. The van der Waals surface area contributed by atoms with Gasteiger partial charge in [0.05, 0.1) is 0 Å². The highest BCUT2D eigenvalue weighted by Gasteiger charge is 2.10. The van der Waals surface area contributed by atoms with Crippen LogP contribution in [0, 0.1) is 17.5 Å². The molecule has 0 radical (unpaired) electrons. The molecule has 84 valence electrons. The van der Waals surface area contributed by atoms with E-state index in [1.165, 1.54) is 24.3 Å². The Morgan fingerprint density at radius 1 is 0.529 bits per heavy atom. The molecule has 0 amide bonds. The highest BCUT2D eigenvalue weighted by Crippen LogP contribution is 2.29. The lowest BCUT2D eigenvalue weighted by Gasteiger charge is -2.05. The summed E-state index contributed by atoms with van der Waals surface area (Å²) in [5, 5.41) is 1.68. The van der Waals surface area contributed by atoms with Crippen molar-refractivity contribution < 1.29 is 13.2 Å². The molecule has 0 nitrogen and oxygen atoms in total. The fraction of sp³-hybridized carbons (Fsp3) is 0. The van der Waals surface area contributed by atoms with Crippen molar-refractivity contribution in [2.24, 2.45) is 0 Å². The lowest BCUT2D eigenvalue weighted by atomic mass is 10.0. The van der Waals surface area contributed by atoms with Crippen LogP contribution in [0.1, 0.15) is 0 Å².